The van der Waals surface area contributed by atoms with E-state index < -0.39 is 17.6 Å². The number of amides is 2. The van der Waals surface area contributed by atoms with E-state index in [2.05, 4.69) is 25.7 Å². The van der Waals surface area contributed by atoms with Gasteiger partial charge in [0.2, 0.25) is 0 Å². The van der Waals surface area contributed by atoms with Gasteiger partial charge in [-0.1, -0.05) is 0 Å². The first-order valence-electron chi connectivity index (χ1n) is 12.8. The lowest BCUT2D eigenvalue weighted by Crippen LogP contribution is -2.46. The van der Waals surface area contributed by atoms with Gasteiger partial charge in [0.25, 0.3) is 0 Å². The zero-order valence-electron chi connectivity index (χ0n) is 23.4. The number of nitrogens with two attached hydrogens (primary N) is 1. The van der Waals surface area contributed by atoms with Crippen molar-refractivity contribution in [3.8, 4) is 34.0 Å². The summed E-state index contributed by atoms with van der Waals surface area (Å²) in [6.07, 6.45) is -2.80. The average Bonchev–Trinajstić information content (AvgIpc) is 3.22. The molecule has 0 radical (unpaired) electrons. The second kappa shape index (κ2) is 11.5. The van der Waals surface area contributed by atoms with Crippen molar-refractivity contribution >= 4 is 17.5 Å². The molecule has 0 atom stereocenters. The number of aryl methyl sites for hydroxylation is 1. The Morgan fingerprint density at radius 2 is 1.83 bits per heavy atom. The molecule has 0 bridgehead atoms. The molecule has 2 amide bonds. The Morgan fingerprint density at radius 1 is 1.07 bits per heavy atom. The highest BCUT2D eigenvalue weighted by molar-refractivity contribution is 5.74. The van der Waals surface area contributed by atoms with Gasteiger partial charge < -0.3 is 25.8 Å². The molecule has 0 saturated carbocycles. The number of aromatic nitrogens is 4. The van der Waals surface area contributed by atoms with Crippen LogP contribution in [0.2, 0.25) is 0 Å². The predicted octanol–water partition coefficient (Wildman–Crippen LogP) is 5.24. The summed E-state index contributed by atoms with van der Waals surface area (Å²) in [5.41, 5.74) is 6.88. The molecule has 41 heavy (non-hydrogen) atoms. The first kappa shape index (κ1) is 29.4. The van der Waals surface area contributed by atoms with E-state index in [9.17, 15) is 18.0 Å². The molecular formula is C28H32F3N7O3. The highest BCUT2D eigenvalue weighted by Gasteiger charge is 2.34. The lowest BCUT2D eigenvalue weighted by atomic mass is 10.1. The second-order valence-electron chi connectivity index (χ2n) is 10.4. The molecule has 10 nitrogen and oxygen atoms in total. The predicted molar refractivity (Wildman–Crippen MR) is 149 cm³/mol. The maximum absolute atomic E-state index is 13.5. The zero-order valence-corrected chi connectivity index (χ0v) is 23.4. The lowest BCUT2D eigenvalue weighted by Gasteiger charge is -2.20. The summed E-state index contributed by atoms with van der Waals surface area (Å²) in [6, 6.07) is 9.51. The number of ether oxygens (including phenoxy) is 2. The topological polar surface area (TPSA) is 129 Å². The van der Waals surface area contributed by atoms with Gasteiger partial charge in [-0.3, -0.25) is 0 Å². The van der Waals surface area contributed by atoms with Crippen molar-refractivity contribution in [1.29, 1.82) is 0 Å². The highest BCUT2D eigenvalue weighted by atomic mass is 19.4. The van der Waals surface area contributed by atoms with Crippen molar-refractivity contribution in [3.05, 3.63) is 53.9 Å². The van der Waals surface area contributed by atoms with E-state index in [-0.39, 0.29) is 17.1 Å². The fourth-order valence-corrected chi connectivity index (χ4v) is 4.15. The third kappa shape index (κ3) is 6.97. The van der Waals surface area contributed by atoms with Crippen molar-refractivity contribution in [2.75, 3.05) is 26.0 Å². The van der Waals surface area contributed by atoms with Crippen LogP contribution < -0.4 is 25.8 Å². The molecule has 4 N–H and O–H groups in total. The number of nitrogen functional groups attached to an aromatic ring is 1. The number of nitrogens with one attached hydrogen (secondary N) is 2. The largest absolute Gasteiger partial charge is 0.493 e. The molecule has 0 aliphatic heterocycles. The number of anilines is 1. The highest BCUT2D eigenvalue weighted by Crippen LogP contribution is 2.36. The Morgan fingerprint density at radius 3 is 2.51 bits per heavy atom. The Hall–Kier alpha value is -4.55. The third-order valence-electron chi connectivity index (χ3n) is 5.96. The van der Waals surface area contributed by atoms with Gasteiger partial charge in [0.05, 0.1) is 36.4 Å². The Balaban J connectivity index is 1.54. The molecule has 13 heteroatoms. The van der Waals surface area contributed by atoms with Gasteiger partial charge in [-0.05, 0) is 70.5 Å². The van der Waals surface area contributed by atoms with Gasteiger partial charge in [0.1, 0.15) is 5.82 Å². The molecule has 1 aromatic carbocycles. The number of halogens is 3. The van der Waals surface area contributed by atoms with Crippen LogP contribution in [0.25, 0.3) is 28.2 Å². The number of pyridine rings is 1. The molecule has 0 spiro atoms. The molecule has 218 valence electrons. The quantitative estimate of drug-likeness (QED) is 0.247. The molecule has 0 aliphatic carbocycles. The fourth-order valence-electron chi connectivity index (χ4n) is 4.15. The number of hydrogen-bond acceptors (Lipinski definition) is 7. The minimum absolute atomic E-state index is 0.188. The number of imidazole rings is 1. The van der Waals surface area contributed by atoms with Gasteiger partial charge in [-0.15, -0.1) is 0 Å². The van der Waals surface area contributed by atoms with Gasteiger partial charge in [-0.25, -0.2) is 19.3 Å². The zero-order chi connectivity index (χ0) is 29.9. The molecule has 0 unspecified atom stereocenters. The first-order valence-corrected chi connectivity index (χ1v) is 12.8. The van der Waals surface area contributed by atoms with E-state index >= 15 is 0 Å². The van der Waals surface area contributed by atoms with Gasteiger partial charge in [0, 0.05) is 29.4 Å². The van der Waals surface area contributed by atoms with E-state index in [1.54, 1.807) is 37.3 Å². The summed E-state index contributed by atoms with van der Waals surface area (Å²) < 4.78 is 53.3. The number of carbonyl (C=O) groups is 1. The molecule has 3 aromatic heterocycles. The molecule has 0 saturated heterocycles. The van der Waals surface area contributed by atoms with Crippen LogP contribution in [-0.2, 0) is 6.18 Å². The SMILES string of the molecule is COc1cc(-c2ccc3nc(C)c(-c4cnc(N)c(C(F)(F)F)c4)n3n2)ccc1OCCCNC(=O)NC(C)(C)C. The number of hydrogen-bond donors (Lipinski definition) is 3. The van der Waals surface area contributed by atoms with Crippen LogP contribution in [0.15, 0.2) is 42.6 Å². The summed E-state index contributed by atoms with van der Waals surface area (Å²) in [6.45, 7) is 8.18. The lowest BCUT2D eigenvalue weighted by molar-refractivity contribution is -0.137. The normalized spacial score (nSPS) is 11.9. The summed E-state index contributed by atoms with van der Waals surface area (Å²) in [4.78, 5) is 20.1. The van der Waals surface area contributed by atoms with Crippen molar-refractivity contribution in [1.82, 2.24) is 30.2 Å². The van der Waals surface area contributed by atoms with E-state index in [1.165, 1.54) is 17.8 Å². The van der Waals surface area contributed by atoms with Crippen molar-refractivity contribution < 1.29 is 27.4 Å². The van der Waals surface area contributed by atoms with E-state index in [0.717, 1.165) is 6.07 Å². The Labute approximate surface area is 235 Å². The molecule has 4 rings (SSSR count). The van der Waals surface area contributed by atoms with Crippen molar-refractivity contribution in [2.24, 2.45) is 0 Å². The monoisotopic (exact) mass is 571 g/mol. The summed E-state index contributed by atoms with van der Waals surface area (Å²) in [5.74, 6) is 0.392. The second-order valence-corrected chi connectivity index (χ2v) is 10.4. The van der Waals surface area contributed by atoms with Crippen molar-refractivity contribution in [2.45, 2.75) is 45.8 Å². The Kier molecular flexibility index (Phi) is 8.27. The molecule has 0 fully saturated rings. The number of benzene rings is 1. The minimum Gasteiger partial charge on any atom is -0.493 e. The number of rotatable bonds is 8. The van der Waals surface area contributed by atoms with Crippen LogP contribution in [0.1, 0.15) is 38.4 Å². The molecule has 0 aliphatic rings. The van der Waals surface area contributed by atoms with Crippen LogP contribution >= 0.6 is 0 Å². The average molecular weight is 572 g/mol. The maximum Gasteiger partial charge on any atom is 0.419 e. The van der Waals surface area contributed by atoms with Crippen LogP contribution in [0.3, 0.4) is 0 Å². The Bertz CT molecular complexity index is 1560. The molecule has 3 heterocycles. The number of carbonyl (C=O) groups excluding carboxylic acids is 1. The maximum atomic E-state index is 13.5. The first-order chi connectivity index (χ1) is 19.3. The van der Waals surface area contributed by atoms with Crippen LogP contribution in [0.5, 0.6) is 11.5 Å². The number of methoxy groups -OCH3 is 1. The van der Waals surface area contributed by atoms with Gasteiger partial charge >= 0.3 is 12.2 Å². The summed E-state index contributed by atoms with van der Waals surface area (Å²) in [5, 5.41) is 10.3. The number of alkyl halides is 3. The molecule has 4 aromatic rings. The summed E-state index contributed by atoms with van der Waals surface area (Å²) >= 11 is 0. The molecular weight excluding hydrogens is 539 g/mol. The fraction of sp³-hybridized carbons (Fsp3) is 0.357. The van der Waals surface area contributed by atoms with E-state index in [1.807, 2.05) is 20.8 Å². The van der Waals surface area contributed by atoms with Crippen molar-refractivity contribution in [3.63, 3.8) is 0 Å². The van der Waals surface area contributed by atoms with Crippen LogP contribution in [-0.4, -0.2) is 51.4 Å². The van der Waals surface area contributed by atoms with Crippen LogP contribution in [0, 0.1) is 6.92 Å². The van der Waals surface area contributed by atoms with E-state index in [4.69, 9.17) is 15.2 Å². The number of nitrogens with zero attached hydrogens (tertiary/aromatic N) is 4. The minimum atomic E-state index is -4.65. The standard InChI is InChI=1S/C28H32F3N7O3/c1-16-24(18-13-19(28(29,30)31)25(32)34-15-18)38-23(35-16)10-8-20(37-38)17-7-9-21(22(14-17)40-5)41-12-6-11-33-26(39)36-27(2,3)4/h7-10,13-15H,6,11-12H2,1-5H3,(H2,32,34)(H2,33,36,39). The van der Waals surface area contributed by atoms with E-state index in [0.29, 0.717) is 59.4 Å². The van der Waals surface area contributed by atoms with Gasteiger partial charge in [0.15, 0.2) is 17.1 Å². The smallest absolute Gasteiger partial charge is 0.419 e. The van der Waals surface area contributed by atoms with Gasteiger partial charge in [-0.2, -0.15) is 18.3 Å². The number of fused-ring (bicyclic) bond motifs is 1. The summed E-state index contributed by atoms with van der Waals surface area (Å²) in [7, 11) is 1.52. The van der Waals surface area contributed by atoms with Crippen LogP contribution in [0.4, 0.5) is 23.8 Å². The third-order valence-corrected chi connectivity index (χ3v) is 5.96. The number of urea groups is 1.